The topological polar surface area (TPSA) is 85.6 Å². The van der Waals surface area contributed by atoms with Gasteiger partial charge in [0.05, 0.1) is 12.8 Å². The van der Waals surface area contributed by atoms with Crippen LogP contribution in [0.5, 0.6) is 5.75 Å². The van der Waals surface area contributed by atoms with Gasteiger partial charge in [-0.05, 0) is 36.4 Å². The van der Waals surface area contributed by atoms with E-state index < -0.39 is 17.0 Å². The number of benzene rings is 2. The zero-order valence-corrected chi connectivity index (χ0v) is 16.5. The van der Waals surface area contributed by atoms with Gasteiger partial charge in [-0.25, -0.2) is 0 Å². The number of carbonyl (C=O) groups is 1. The monoisotopic (exact) mass is 394 g/mol. The van der Waals surface area contributed by atoms with E-state index in [0.29, 0.717) is 17.1 Å². The Bertz CT molecular complexity index is 1130. The Kier molecular flexibility index (Phi) is 5.82. The molecule has 0 bridgehead atoms. The maximum absolute atomic E-state index is 12.5. The summed E-state index contributed by atoms with van der Waals surface area (Å²) < 4.78 is 7.53. The molecule has 0 saturated heterocycles. The smallest absolute Gasteiger partial charge is 0.321 e. The lowest BCUT2D eigenvalue weighted by Gasteiger charge is -2.13. The van der Waals surface area contributed by atoms with Gasteiger partial charge < -0.3 is 15.0 Å². The largest absolute Gasteiger partial charge is 0.495 e. The number of hydrogen-bond acceptors (Lipinski definition) is 5. The third kappa shape index (κ3) is 4.37. The molecule has 3 rings (SSSR count). The highest BCUT2D eigenvalue weighted by Crippen LogP contribution is 2.20. The highest BCUT2D eigenvalue weighted by molar-refractivity contribution is 5.90. The molecule has 3 aromatic rings. The third-order valence-corrected chi connectivity index (χ3v) is 4.38. The van der Waals surface area contributed by atoms with Crippen molar-refractivity contribution in [3.63, 3.8) is 0 Å². The molecule has 1 N–H and O–H groups in total. The first-order valence-electron chi connectivity index (χ1n) is 8.93. The van der Waals surface area contributed by atoms with Crippen molar-refractivity contribution in [3.8, 4) is 11.4 Å². The van der Waals surface area contributed by atoms with Gasteiger partial charge in [-0.1, -0.05) is 12.1 Å². The molecule has 0 spiro atoms. The summed E-state index contributed by atoms with van der Waals surface area (Å²) in [5.74, 6) is 0.0600. The molecular weight excluding hydrogens is 372 g/mol. The molecule has 1 amide bonds. The van der Waals surface area contributed by atoms with Gasteiger partial charge >= 0.3 is 11.1 Å². The normalized spacial score (nSPS) is 10.4. The molecule has 0 aliphatic rings. The quantitative estimate of drug-likeness (QED) is 0.644. The van der Waals surface area contributed by atoms with E-state index in [1.54, 1.807) is 36.4 Å². The summed E-state index contributed by atoms with van der Waals surface area (Å²) in [5, 5.41) is 2.72. The Morgan fingerprint density at radius 3 is 2.34 bits per heavy atom. The van der Waals surface area contributed by atoms with Gasteiger partial charge in [0, 0.05) is 37.9 Å². The Labute approximate surface area is 167 Å². The van der Waals surface area contributed by atoms with E-state index >= 15 is 0 Å². The van der Waals surface area contributed by atoms with Crippen molar-refractivity contribution in [2.75, 3.05) is 31.4 Å². The second-order valence-corrected chi connectivity index (χ2v) is 6.57. The van der Waals surface area contributed by atoms with Gasteiger partial charge in [0.25, 0.3) is 0 Å². The van der Waals surface area contributed by atoms with Crippen LogP contribution in [0.15, 0.2) is 70.5 Å². The van der Waals surface area contributed by atoms with Crippen LogP contribution in [0.4, 0.5) is 11.4 Å². The van der Waals surface area contributed by atoms with Crippen LogP contribution in [0.25, 0.3) is 5.69 Å². The van der Waals surface area contributed by atoms with E-state index in [2.05, 4.69) is 5.32 Å². The number of nitrogens with zero attached hydrogens (tertiary/aromatic N) is 3. The molecule has 0 aliphatic heterocycles. The van der Waals surface area contributed by atoms with Gasteiger partial charge in [-0.3, -0.25) is 23.5 Å². The number of hydrogen-bond donors (Lipinski definition) is 1. The maximum atomic E-state index is 12.5. The lowest BCUT2D eigenvalue weighted by atomic mass is 10.2. The third-order valence-electron chi connectivity index (χ3n) is 4.38. The molecule has 0 atom stereocenters. The summed E-state index contributed by atoms with van der Waals surface area (Å²) in [5.41, 5.74) is 0.501. The number of nitrogens with one attached hydrogen (secondary N) is 1. The highest BCUT2D eigenvalue weighted by atomic mass is 16.5. The van der Waals surface area contributed by atoms with E-state index in [1.807, 2.05) is 31.1 Å². The number of carbonyl (C=O) groups excluding carboxylic acids is 1. The lowest BCUT2D eigenvalue weighted by Crippen LogP contribution is -2.41. The maximum Gasteiger partial charge on any atom is 0.321 e. The highest BCUT2D eigenvalue weighted by Gasteiger charge is 2.12. The Morgan fingerprint density at radius 2 is 1.69 bits per heavy atom. The summed E-state index contributed by atoms with van der Waals surface area (Å²) in [4.78, 5) is 39.3. The van der Waals surface area contributed by atoms with Crippen molar-refractivity contribution < 1.29 is 9.53 Å². The van der Waals surface area contributed by atoms with Gasteiger partial charge in [0.15, 0.2) is 0 Å². The van der Waals surface area contributed by atoms with Crippen molar-refractivity contribution >= 4 is 17.3 Å². The van der Waals surface area contributed by atoms with E-state index in [-0.39, 0.29) is 6.54 Å². The number of anilines is 2. The Balaban J connectivity index is 1.80. The number of rotatable bonds is 6. The first-order chi connectivity index (χ1) is 13.9. The average molecular weight is 394 g/mol. The second kappa shape index (κ2) is 8.47. The molecule has 150 valence electrons. The van der Waals surface area contributed by atoms with Crippen molar-refractivity contribution in [2.45, 2.75) is 6.54 Å². The average Bonchev–Trinajstić information content (AvgIpc) is 2.72. The minimum atomic E-state index is -0.795. The van der Waals surface area contributed by atoms with Crippen LogP contribution in [0.3, 0.4) is 0 Å². The van der Waals surface area contributed by atoms with Crippen LogP contribution in [0, 0.1) is 0 Å². The molecule has 8 heteroatoms. The van der Waals surface area contributed by atoms with Gasteiger partial charge in [-0.2, -0.15) is 0 Å². The Hall–Kier alpha value is -3.81. The molecule has 29 heavy (non-hydrogen) atoms. The molecule has 0 fully saturated rings. The van der Waals surface area contributed by atoms with Crippen molar-refractivity contribution in [2.24, 2.45) is 0 Å². The predicted molar refractivity (Wildman–Crippen MR) is 112 cm³/mol. The van der Waals surface area contributed by atoms with E-state index in [4.69, 9.17) is 4.74 Å². The van der Waals surface area contributed by atoms with Crippen molar-refractivity contribution in [1.82, 2.24) is 9.13 Å². The fourth-order valence-electron chi connectivity index (χ4n) is 2.85. The summed E-state index contributed by atoms with van der Waals surface area (Å²) in [6.07, 6.45) is 2.85. The summed E-state index contributed by atoms with van der Waals surface area (Å²) in [6, 6.07) is 14.2. The number of para-hydroxylation sites is 2. The number of methoxy groups -OCH3 is 1. The number of ether oxygens (including phenoxy) is 1. The standard InChI is InChI=1S/C21H22N4O4/c1-23(2)16-10-8-15(9-11-16)22-19(26)14-24-12-13-25(21(28)20(24)27)17-6-4-5-7-18(17)29-3/h4-13H,14H2,1-3H3,(H,22,26). The molecule has 8 nitrogen and oxygen atoms in total. The fraction of sp³-hybridized carbons (Fsp3) is 0.190. The SMILES string of the molecule is COc1ccccc1-n1ccn(CC(=O)Nc2ccc(N(C)C)cc2)c(=O)c1=O. The zero-order chi connectivity index (χ0) is 21.0. The van der Waals surface area contributed by atoms with Crippen molar-refractivity contribution in [3.05, 3.63) is 81.6 Å². The molecule has 2 aromatic carbocycles. The summed E-state index contributed by atoms with van der Waals surface area (Å²) in [6.45, 7) is -0.268. The number of aromatic nitrogens is 2. The molecule has 0 saturated carbocycles. The van der Waals surface area contributed by atoms with Crippen LogP contribution in [0.2, 0.25) is 0 Å². The molecular formula is C21H22N4O4. The fourth-order valence-corrected chi connectivity index (χ4v) is 2.85. The molecule has 0 unspecified atom stereocenters. The molecule has 0 radical (unpaired) electrons. The first kappa shape index (κ1) is 19.9. The van der Waals surface area contributed by atoms with Crippen LogP contribution in [-0.2, 0) is 11.3 Å². The Morgan fingerprint density at radius 1 is 1.00 bits per heavy atom. The predicted octanol–water partition coefficient (Wildman–Crippen LogP) is 1.71. The molecule has 1 heterocycles. The van der Waals surface area contributed by atoms with Gasteiger partial charge in [0.1, 0.15) is 12.3 Å². The summed E-state index contributed by atoms with van der Waals surface area (Å²) >= 11 is 0. The lowest BCUT2D eigenvalue weighted by molar-refractivity contribution is -0.116. The van der Waals surface area contributed by atoms with E-state index in [9.17, 15) is 14.4 Å². The van der Waals surface area contributed by atoms with Gasteiger partial charge in [-0.15, -0.1) is 0 Å². The minimum absolute atomic E-state index is 0.268. The zero-order valence-electron chi connectivity index (χ0n) is 16.5. The van der Waals surface area contributed by atoms with E-state index in [1.165, 1.54) is 24.1 Å². The van der Waals surface area contributed by atoms with Crippen molar-refractivity contribution in [1.29, 1.82) is 0 Å². The van der Waals surface area contributed by atoms with Crippen LogP contribution in [0.1, 0.15) is 0 Å². The first-order valence-corrected chi connectivity index (χ1v) is 8.93. The van der Waals surface area contributed by atoms with Crippen LogP contribution < -0.4 is 26.1 Å². The van der Waals surface area contributed by atoms with E-state index in [0.717, 1.165) is 10.3 Å². The molecule has 0 aliphatic carbocycles. The minimum Gasteiger partial charge on any atom is -0.495 e. The number of amides is 1. The molecule has 1 aromatic heterocycles. The van der Waals surface area contributed by atoms with Crippen LogP contribution >= 0.6 is 0 Å². The van der Waals surface area contributed by atoms with Gasteiger partial charge in [0.2, 0.25) is 5.91 Å². The summed E-state index contributed by atoms with van der Waals surface area (Å²) in [7, 11) is 5.33. The van der Waals surface area contributed by atoms with Crippen LogP contribution in [-0.4, -0.2) is 36.2 Å². The second-order valence-electron chi connectivity index (χ2n) is 6.57.